The van der Waals surface area contributed by atoms with Crippen molar-refractivity contribution in [2.24, 2.45) is 0 Å². The second kappa shape index (κ2) is 5.65. The van der Waals surface area contributed by atoms with E-state index in [-0.39, 0.29) is 10.8 Å². The first-order chi connectivity index (χ1) is 7.88. The maximum Gasteiger partial charge on any atom is 0.188 e. The number of aliphatic hydroxyl groups excluding tert-OH is 4. The molecule has 4 N–H and O–H groups in total. The van der Waals surface area contributed by atoms with Crippen molar-refractivity contribution >= 4 is 17.1 Å². The Morgan fingerprint density at radius 3 is 2.41 bits per heavy atom. The highest BCUT2D eigenvalue weighted by Gasteiger charge is 2.29. The fourth-order valence-corrected chi connectivity index (χ4v) is 2.29. The summed E-state index contributed by atoms with van der Waals surface area (Å²) in [5, 5.41) is 37.5. The van der Waals surface area contributed by atoms with Crippen LogP contribution in [0.15, 0.2) is 0 Å². The molecule has 0 unspecified atom stereocenters. The lowest BCUT2D eigenvalue weighted by Gasteiger charge is -2.20. The predicted octanol–water partition coefficient (Wildman–Crippen LogP) is -0.598. The molecule has 6 nitrogen and oxygen atoms in total. The first-order valence-electron chi connectivity index (χ1n) is 5.01. The summed E-state index contributed by atoms with van der Waals surface area (Å²) in [4.78, 5) is 15.4. The van der Waals surface area contributed by atoms with Gasteiger partial charge in [-0.25, -0.2) is 4.98 Å². The van der Waals surface area contributed by atoms with Crippen LogP contribution in [0, 0.1) is 6.92 Å². The number of aliphatic hydroxyl groups is 4. The smallest absolute Gasteiger partial charge is 0.188 e. The summed E-state index contributed by atoms with van der Waals surface area (Å²) in [7, 11) is 0. The topological polar surface area (TPSA) is 111 Å². The quantitative estimate of drug-likeness (QED) is 0.527. The van der Waals surface area contributed by atoms with E-state index in [9.17, 15) is 20.1 Å². The second-order valence-corrected chi connectivity index (χ2v) is 4.74. The maximum atomic E-state index is 11.1. The van der Waals surface area contributed by atoms with Gasteiger partial charge in [0.1, 0.15) is 18.3 Å². The van der Waals surface area contributed by atoms with Crippen LogP contribution in [0.5, 0.6) is 0 Å². The van der Waals surface area contributed by atoms with Crippen molar-refractivity contribution in [3.8, 4) is 0 Å². The summed E-state index contributed by atoms with van der Waals surface area (Å²) >= 11 is 0.969. The van der Waals surface area contributed by atoms with Crippen molar-refractivity contribution in [2.45, 2.75) is 32.2 Å². The molecule has 0 aromatic carbocycles. The molecule has 7 heteroatoms. The van der Waals surface area contributed by atoms with E-state index < -0.39 is 24.9 Å². The summed E-state index contributed by atoms with van der Waals surface area (Å²) in [5.74, 6) is -0.228. The minimum absolute atomic E-state index is 0.228. The molecule has 17 heavy (non-hydrogen) atoms. The molecule has 0 radical (unpaired) electrons. The monoisotopic (exact) mass is 261 g/mol. The van der Waals surface area contributed by atoms with Gasteiger partial charge in [0.2, 0.25) is 0 Å². The number of rotatable bonds is 5. The molecule has 0 fully saturated rings. The molecule has 0 bridgehead atoms. The first-order valence-corrected chi connectivity index (χ1v) is 5.83. The Labute approximate surface area is 102 Å². The first kappa shape index (κ1) is 14.2. The van der Waals surface area contributed by atoms with Crippen molar-refractivity contribution in [2.75, 3.05) is 6.61 Å². The number of hydrogen-bond acceptors (Lipinski definition) is 7. The fourth-order valence-electron chi connectivity index (χ4n) is 1.31. The molecule has 0 amide bonds. The number of nitrogens with zero attached hydrogens (tertiary/aromatic N) is 1. The van der Waals surface area contributed by atoms with Crippen molar-refractivity contribution in [3.05, 3.63) is 15.6 Å². The molecular weight excluding hydrogens is 246 g/mol. The normalized spacial score (nSPS) is 16.6. The van der Waals surface area contributed by atoms with Crippen molar-refractivity contribution < 1.29 is 25.2 Å². The molecule has 0 saturated carbocycles. The summed E-state index contributed by atoms with van der Waals surface area (Å²) in [6.07, 6.45) is -4.33. The number of aryl methyl sites for hydroxylation is 1. The zero-order valence-electron chi connectivity index (χ0n) is 9.49. The van der Waals surface area contributed by atoms with Gasteiger partial charge in [-0.15, -0.1) is 11.3 Å². The van der Waals surface area contributed by atoms with Crippen LogP contribution in [0.25, 0.3) is 0 Å². The van der Waals surface area contributed by atoms with Crippen LogP contribution in [0.4, 0.5) is 0 Å². The third-order valence-corrected chi connectivity index (χ3v) is 3.64. The number of carbonyl (C=O) groups is 1. The summed E-state index contributed by atoms with van der Waals surface area (Å²) in [6, 6.07) is 0. The summed E-state index contributed by atoms with van der Waals surface area (Å²) in [6.45, 7) is 2.29. The Balaban J connectivity index is 2.95. The Morgan fingerprint density at radius 2 is 2.00 bits per heavy atom. The van der Waals surface area contributed by atoms with Crippen LogP contribution < -0.4 is 0 Å². The molecule has 0 aliphatic heterocycles. The van der Waals surface area contributed by atoms with Gasteiger partial charge in [-0.3, -0.25) is 4.79 Å². The average molecular weight is 261 g/mol. The van der Waals surface area contributed by atoms with E-state index >= 15 is 0 Å². The van der Waals surface area contributed by atoms with Crippen LogP contribution in [0.1, 0.15) is 33.4 Å². The molecule has 3 atom stereocenters. The van der Waals surface area contributed by atoms with Crippen molar-refractivity contribution in [1.82, 2.24) is 4.98 Å². The zero-order valence-corrected chi connectivity index (χ0v) is 10.3. The number of hydrogen-bond donors (Lipinski definition) is 4. The van der Waals surface area contributed by atoms with Crippen LogP contribution >= 0.6 is 11.3 Å². The van der Waals surface area contributed by atoms with E-state index in [2.05, 4.69) is 4.98 Å². The van der Waals surface area contributed by atoms with Crippen molar-refractivity contribution in [3.63, 3.8) is 0 Å². The number of carbonyl (C=O) groups excluding carboxylic acids is 1. The lowest BCUT2D eigenvalue weighted by molar-refractivity contribution is -0.0767. The molecule has 0 aliphatic rings. The van der Waals surface area contributed by atoms with Gasteiger partial charge in [0, 0.05) is 6.92 Å². The van der Waals surface area contributed by atoms with E-state index in [0.29, 0.717) is 10.6 Å². The third-order valence-electron chi connectivity index (χ3n) is 2.31. The molecule has 1 heterocycles. The molecule has 0 saturated heterocycles. The number of aromatic nitrogens is 1. The number of ketones is 1. The zero-order chi connectivity index (χ0) is 13.2. The fraction of sp³-hybridized carbons (Fsp3) is 0.600. The van der Waals surface area contributed by atoms with E-state index in [1.165, 1.54) is 6.92 Å². The summed E-state index contributed by atoms with van der Waals surface area (Å²) in [5.41, 5.74) is 0.428. The van der Waals surface area contributed by atoms with Crippen LogP contribution in [-0.2, 0) is 0 Å². The molecule has 0 spiro atoms. The highest BCUT2D eigenvalue weighted by Crippen LogP contribution is 2.28. The molecule has 96 valence electrons. The Morgan fingerprint density at radius 1 is 1.41 bits per heavy atom. The van der Waals surface area contributed by atoms with Gasteiger partial charge in [-0.05, 0) is 6.92 Å². The highest BCUT2D eigenvalue weighted by molar-refractivity contribution is 7.13. The van der Waals surface area contributed by atoms with Gasteiger partial charge in [0.25, 0.3) is 0 Å². The number of Topliss-reactive ketones (excluding diaryl/α,β-unsaturated/α-hetero) is 1. The maximum absolute atomic E-state index is 11.1. The SMILES string of the molecule is CC(=O)c1nc(C)c([C@@H](O)[C@@H](O)[C@H](O)CO)s1. The Bertz CT molecular complexity index is 405. The molecule has 1 aromatic heterocycles. The van der Waals surface area contributed by atoms with Gasteiger partial charge in [-0.1, -0.05) is 0 Å². The molecular formula is C10H15NO5S. The largest absolute Gasteiger partial charge is 0.394 e. The lowest BCUT2D eigenvalue weighted by Crippen LogP contribution is -2.34. The van der Waals surface area contributed by atoms with Gasteiger partial charge in [0.05, 0.1) is 17.2 Å². The van der Waals surface area contributed by atoms with E-state index in [0.717, 1.165) is 11.3 Å². The molecule has 0 aliphatic carbocycles. The standard InChI is InChI=1S/C10H15NO5S/c1-4-9(17-10(11-4)5(2)13)8(16)7(15)6(14)3-12/h6-8,12,14-16H,3H2,1-2H3/t6-,7+,8+/m1/s1. The van der Waals surface area contributed by atoms with E-state index in [1.54, 1.807) is 6.92 Å². The van der Waals surface area contributed by atoms with Gasteiger partial charge < -0.3 is 20.4 Å². The van der Waals surface area contributed by atoms with Gasteiger partial charge in [0.15, 0.2) is 10.8 Å². The van der Waals surface area contributed by atoms with Crippen LogP contribution in [0.3, 0.4) is 0 Å². The van der Waals surface area contributed by atoms with Gasteiger partial charge >= 0.3 is 0 Å². The van der Waals surface area contributed by atoms with E-state index in [4.69, 9.17) is 5.11 Å². The van der Waals surface area contributed by atoms with Crippen LogP contribution in [0.2, 0.25) is 0 Å². The predicted molar refractivity (Wildman–Crippen MR) is 60.9 cm³/mol. The average Bonchev–Trinajstić information content (AvgIpc) is 2.68. The highest BCUT2D eigenvalue weighted by atomic mass is 32.1. The Kier molecular flexibility index (Phi) is 4.72. The van der Waals surface area contributed by atoms with Crippen molar-refractivity contribution in [1.29, 1.82) is 0 Å². The lowest BCUT2D eigenvalue weighted by atomic mass is 10.1. The minimum Gasteiger partial charge on any atom is -0.394 e. The minimum atomic E-state index is -1.51. The Hall–Kier alpha value is -0.860. The second-order valence-electron chi connectivity index (χ2n) is 3.71. The summed E-state index contributed by atoms with van der Waals surface area (Å²) < 4.78 is 0. The third kappa shape index (κ3) is 3.08. The van der Waals surface area contributed by atoms with Gasteiger partial charge in [-0.2, -0.15) is 0 Å². The molecule has 1 aromatic rings. The number of thiazole rings is 1. The van der Waals surface area contributed by atoms with E-state index in [1.807, 2.05) is 0 Å². The molecule has 1 rings (SSSR count). The van der Waals surface area contributed by atoms with Crippen LogP contribution in [-0.4, -0.2) is 50.0 Å².